The van der Waals surface area contributed by atoms with Gasteiger partial charge in [0.2, 0.25) is 5.91 Å². The van der Waals surface area contributed by atoms with Crippen molar-refractivity contribution < 1.29 is 9.53 Å². The lowest BCUT2D eigenvalue weighted by molar-refractivity contribution is -0.137. The maximum Gasteiger partial charge on any atom is 0.248 e. The Kier molecular flexibility index (Phi) is 5.30. The number of carbonyl (C=O) groups excluding carboxylic acids is 1. The SMILES string of the molecule is CN(Cc1cccnc1)C(=O)COC1CCNCC1. The molecular formula is C14H21N3O2. The second kappa shape index (κ2) is 7.21. The number of piperidine rings is 1. The number of ether oxygens (including phenoxy) is 1. The van der Waals surface area contributed by atoms with E-state index in [1.165, 1.54) is 0 Å². The van der Waals surface area contributed by atoms with Crippen LogP contribution in [0.2, 0.25) is 0 Å². The Morgan fingerprint density at radius 1 is 1.53 bits per heavy atom. The van der Waals surface area contributed by atoms with Gasteiger partial charge in [0.25, 0.3) is 0 Å². The Morgan fingerprint density at radius 3 is 3.00 bits per heavy atom. The average molecular weight is 263 g/mol. The van der Waals surface area contributed by atoms with Gasteiger partial charge in [-0.25, -0.2) is 0 Å². The number of hydrogen-bond acceptors (Lipinski definition) is 4. The van der Waals surface area contributed by atoms with Gasteiger partial charge in [-0.15, -0.1) is 0 Å². The van der Waals surface area contributed by atoms with E-state index < -0.39 is 0 Å². The number of pyridine rings is 1. The van der Waals surface area contributed by atoms with Crippen molar-refractivity contribution in [3.63, 3.8) is 0 Å². The highest BCUT2D eigenvalue weighted by Crippen LogP contribution is 2.08. The fourth-order valence-electron chi connectivity index (χ4n) is 2.12. The number of rotatable bonds is 5. The smallest absolute Gasteiger partial charge is 0.248 e. The Labute approximate surface area is 114 Å². The molecule has 0 aliphatic carbocycles. The minimum absolute atomic E-state index is 0.0161. The maximum atomic E-state index is 12.0. The van der Waals surface area contributed by atoms with Crippen LogP contribution in [-0.4, -0.2) is 48.6 Å². The van der Waals surface area contributed by atoms with E-state index in [0.29, 0.717) is 6.54 Å². The molecule has 0 spiro atoms. The number of carbonyl (C=O) groups is 1. The summed E-state index contributed by atoms with van der Waals surface area (Å²) in [6, 6.07) is 3.84. The number of hydrogen-bond donors (Lipinski definition) is 1. The Balaban J connectivity index is 1.73. The number of nitrogens with zero attached hydrogens (tertiary/aromatic N) is 2. The van der Waals surface area contributed by atoms with E-state index >= 15 is 0 Å². The molecule has 104 valence electrons. The minimum atomic E-state index is 0.0161. The summed E-state index contributed by atoms with van der Waals surface area (Å²) >= 11 is 0. The molecule has 1 aromatic rings. The predicted octanol–water partition coefficient (Wildman–Crippen LogP) is 0.809. The molecular weight excluding hydrogens is 242 g/mol. The molecule has 1 N–H and O–H groups in total. The van der Waals surface area contributed by atoms with Gasteiger partial charge in [-0.2, -0.15) is 0 Å². The average Bonchev–Trinajstić information content (AvgIpc) is 2.47. The highest BCUT2D eigenvalue weighted by Gasteiger charge is 2.16. The second-order valence-electron chi connectivity index (χ2n) is 4.87. The van der Waals surface area contributed by atoms with Crippen molar-refractivity contribution in [3.8, 4) is 0 Å². The van der Waals surface area contributed by atoms with Crippen LogP contribution >= 0.6 is 0 Å². The van der Waals surface area contributed by atoms with Gasteiger partial charge >= 0.3 is 0 Å². The fourth-order valence-corrected chi connectivity index (χ4v) is 2.12. The van der Waals surface area contributed by atoms with Gasteiger partial charge in [0, 0.05) is 26.0 Å². The number of amides is 1. The topological polar surface area (TPSA) is 54.5 Å². The van der Waals surface area contributed by atoms with E-state index in [1.807, 2.05) is 12.1 Å². The molecule has 0 saturated carbocycles. The number of aromatic nitrogens is 1. The van der Waals surface area contributed by atoms with Crippen molar-refractivity contribution in [2.24, 2.45) is 0 Å². The molecule has 1 aromatic heterocycles. The molecule has 2 heterocycles. The van der Waals surface area contributed by atoms with Gasteiger partial charge in [0.05, 0.1) is 6.10 Å². The Bertz CT molecular complexity index is 391. The summed E-state index contributed by atoms with van der Waals surface area (Å²) in [5.74, 6) is 0.0161. The molecule has 1 saturated heterocycles. The molecule has 1 aliphatic rings. The van der Waals surface area contributed by atoms with Crippen LogP contribution in [0.1, 0.15) is 18.4 Å². The third-order valence-corrected chi connectivity index (χ3v) is 3.30. The first-order valence-corrected chi connectivity index (χ1v) is 6.71. The second-order valence-corrected chi connectivity index (χ2v) is 4.87. The van der Waals surface area contributed by atoms with Gasteiger partial charge in [0.1, 0.15) is 6.61 Å². The first-order valence-electron chi connectivity index (χ1n) is 6.71. The largest absolute Gasteiger partial charge is 0.368 e. The maximum absolute atomic E-state index is 12.0. The van der Waals surface area contributed by atoms with E-state index in [1.54, 1.807) is 24.3 Å². The highest BCUT2D eigenvalue weighted by atomic mass is 16.5. The van der Waals surface area contributed by atoms with E-state index in [9.17, 15) is 4.79 Å². The third kappa shape index (κ3) is 4.61. The van der Waals surface area contributed by atoms with Crippen LogP contribution in [-0.2, 0) is 16.1 Å². The zero-order chi connectivity index (χ0) is 13.5. The molecule has 1 amide bonds. The zero-order valence-electron chi connectivity index (χ0n) is 11.3. The van der Waals surface area contributed by atoms with Crippen molar-refractivity contribution in [2.75, 3.05) is 26.7 Å². The highest BCUT2D eigenvalue weighted by molar-refractivity contribution is 5.77. The molecule has 1 fully saturated rings. The summed E-state index contributed by atoms with van der Waals surface area (Å²) in [5.41, 5.74) is 1.03. The number of nitrogens with one attached hydrogen (secondary N) is 1. The quantitative estimate of drug-likeness (QED) is 0.854. The van der Waals surface area contributed by atoms with Crippen LogP contribution in [0.25, 0.3) is 0 Å². The zero-order valence-corrected chi connectivity index (χ0v) is 11.3. The number of likely N-dealkylation sites (N-methyl/N-ethyl adjacent to an activating group) is 1. The molecule has 0 aromatic carbocycles. The van der Waals surface area contributed by atoms with Crippen molar-refractivity contribution in [2.45, 2.75) is 25.5 Å². The molecule has 1 aliphatic heterocycles. The van der Waals surface area contributed by atoms with Gasteiger partial charge in [-0.05, 0) is 37.6 Å². The minimum Gasteiger partial charge on any atom is -0.368 e. The Morgan fingerprint density at radius 2 is 2.32 bits per heavy atom. The molecule has 5 heteroatoms. The van der Waals surface area contributed by atoms with Crippen molar-refractivity contribution in [1.29, 1.82) is 0 Å². The first-order chi connectivity index (χ1) is 9.25. The fraction of sp³-hybridized carbons (Fsp3) is 0.571. The molecule has 19 heavy (non-hydrogen) atoms. The normalized spacial score (nSPS) is 16.3. The summed E-state index contributed by atoms with van der Waals surface area (Å²) in [4.78, 5) is 17.7. The lowest BCUT2D eigenvalue weighted by atomic mass is 10.1. The van der Waals surface area contributed by atoms with Gasteiger partial charge in [-0.3, -0.25) is 9.78 Å². The summed E-state index contributed by atoms with van der Waals surface area (Å²) in [7, 11) is 1.79. The van der Waals surface area contributed by atoms with Crippen molar-refractivity contribution >= 4 is 5.91 Å². The summed E-state index contributed by atoms with van der Waals surface area (Å²) in [5, 5.41) is 3.28. The van der Waals surface area contributed by atoms with E-state index in [2.05, 4.69) is 10.3 Å². The summed E-state index contributed by atoms with van der Waals surface area (Å²) in [6.07, 6.45) is 5.69. The van der Waals surface area contributed by atoms with Gasteiger partial charge < -0.3 is 15.0 Å². The van der Waals surface area contributed by atoms with Crippen LogP contribution in [0.5, 0.6) is 0 Å². The molecule has 0 unspecified atom stereocenters. The van der Waals surface area contributed by atoms with Crippen molar-refractivity contribution in [1.82, 2.24) is 15.2 Å². The molecule has 0 radical (unpaired) electrons. The van der Waals surface area contributed by atoms with Crippen molar-refractivity contribution in [3.05, 3.63) is 30.1 Å². The van der Waals surface area contributed by atoms with Gasteiger partial charge in [-0.1, -0.05) is 6.07 Å². The van der Waals surface area contributed by atoms with Crippen LogP contribution in [0.4, 0.5) is 0 Å². The molecule has 0 bridgehead atoms. The third-order valence-electron chi connectivity index (χ3n) is 3.30. The van der Waals surface area contributed by atoms with Crippen LogP contribution in [0.15, 0.2) is 24.5 Å². The lowest BCUT2D eigenvalue weighted by Gasteiger charge is -2.24. The lowest BCUT2D eigenvalue weighted by Crippen LogP contribution is -2.36. The summed E-state index contributed by atoms with van der Waals surface area (Å²) < 4.78 is 5.66. The molecule has 2 rings (SSSR count). The summed E-state index contributed by atoms with van der Waals surface area (Å²) in [6.45, 7) is 2.69. The first kappa shape index (κ1) is 14.0. The van der Waals surface area contributed by atoms with Crippen LogP contribution in [0.3, 0.4) is 0 Å². The molecule has 5 nitrogen and oxygen atoms in total. The Hall–Kier alpha value is -1.46. The standard InChI is InChI=1S/C14H21N3O2/c1-17(10-12-3-2-6-16-9-12)14(18)11-19-13-4-7-15-8-5-13/h2-3,6,9,13,15H,4-5,7-8,10-11H2,1H3. The predicted molar refractivity (Wildman–Crippen MR) is 72.6 cm³/mol. The monoisotopic (exact) mass is 263 g/mol. The van der Waals surface area contributed by atoms with E-state index in [-0.39, 0.29) is 18.6 Å². The van der Waals surface area contributed by atoms with Crippen LogP contribution in [0, 0.1) is 0 Å². The van der Waals surface area contributed by atoms with E-state index in [0.717, 1.165) is 31.5 Å². The van der Waals surface area contributed by atoms with Crippen LogP contribution < -0.4 is 5.32 Å². The van der Waals surface area contributed by atoms with Gasteiger partial charge in [0.15, 0.2) is 0 Å². The van der Waals surface area contributed by atoms with E-state index in [4.69, 9.17) is 4.74 Å². The molecule has 0 atom stereocenters.